The van der Waals surface area contributed by atoms with Gasteiger partial charge in [-0.15, -0.1) is 0 Å². The number of carbonyl (C=O) groups excluding carboxylic acids is 1. The molecule has 20 heavy (non-hydrogen) atoms. The highest BCUT2D eigenvalue weighted by molar-refractivity contribution is 9.10. The summed E-state index contributed by atoms with van der Waals surface area (Å²) in [5, 5.41) is 5.94. The second kappa shape index (κ2) is 8.92. The fraction of sp³-hybridized carbons (Fsp3) is 0.429. The smallest absolute Gasteiger partial charge is 0.257 e. The molecule has 1 amide bonds. The first-order chi connectivity index (χ1) is 9.58. The van der Waals surface area contributed by atoms with Crippen LogP contribution in [0.1, 0.15) is 37.0 Å². The van der Waals surface area contributed by atoms with E-state index < -0.39 is 0 Å². The lowest BCUT2D eigenvalue weighted by atomic mass is 10.2. The third kappa shape index (κ3) is 5.46. The number of ether oxygens (including phenoxy) is 1. The minimum Gasteiger partial charge on any atom is -0.492 e. The molecule has 6 heteroatoms. The van der Waals surface area contributed by atoms with Gasteiger partial charge in [0.05, 0.1) is 11.1 Å². The fourth-order valence-electron chi connectivity index (χ4n) is 1.43. The van der Waals surface area contributed by atoms with E-state index in [9.17, 15) is 4.79 Å². The van der Waals surface area contributed by atoms with Crippen LogP contribution in [-0.4, -0.2) is 24.2 Å². The largest absolute Gasteiger partial charge is 0.492 e. The van der Waals surface area contributed by atoms with Crippen LogP contribution in [0, 0.1) is 0 Å². The molecule has 1 rings (SSSR count). The molecule has 0 fully saturated rings. The predicted molar refractivity (Wildman–Crippen MR) is 88.3 cm³/mol. The molecule has 0 saturated heterocycles. The molecule has 1 aromatic carbocycles. The van der Waals surface area contributed by atoms with Crippen LogP contribution in [-0.2, 0) is 0 Å². The summed E-state index contributed by atoms with van der Waals surface area (Å²) >= 11 is 8.43. The average Bonchev–Trinajstić information content (AvgIpc) is 2.43. The Morgan fingerprint density at radius 2 is 2.10 bits per heavy atom. The summed E-state index contributed by atoms with van der Waals surface area (Å²) in [6, 6.07) is 5.22. The molecule has 0 unspecified atom stereocenters. The monoisotopic (exact) mass is 358 g/mol. The Hall–Kier alpha value is -1.14. The van der Waals surface area contributed by atoms with E-state index in [0.717, 1.165) is 29.6 Å². The van der Waals surface area contributed by atoms with Gasteiger partial charge in [-0.2, -0.15) is 0 Å². The van der Waals surface area contributed by atoms with E-state index in [1.165, 1.54) is 0 Å². The van der Waals surface area contributed by atoms with E-state index in [4.69, 9.17) is 17.0 Å². The number of benzene rings is 1. The van der Waals surface area contributed by atoms with Crippen molar-refractivity contribution in [2.45, 2.75) is 26.7 Å². The molecule has 1 aromatic rings. The zero-order chi connectivity index (χ0) is 15.0. The SMILES string of the molecule is CCCNC(=S)NC(=O)c1ccc(OCCC)c(Br)c1. The third-order valence-corrected chi connectivity index (χ3v) is 3.28. The maximum absolute atomic E-state index is 12.0. The predicted octanol–water partition coefficient (Wildman–Crippen LogP) is 3.25. The van der Waals surface area contributed by atoms with Gasteiger partial charge in [0.25, 0.3) is 5.91 Å². The molecule has 0 aliphatic rings. The molecule has 4 nitrogen and oxygen atoms in total. The van der Waals surface area contributed by atoms with E-state index in [1.807, 2.05) is 13.8 Å². The highest BCUT2D eigenvalue weighted by Gasteiger charge is 2.10. The van der Waals surface area contributed by atoms with Gasteiger partial charge in [0.1, 0.15) is 5.75 Å². The first kappa shape index (κ1) is 16.9. The highest BCUT2D eigenvalue weighted by Crippen LogP contribution is 2.26. The molecule has 0 aromatic heterocycles. The number of thiocarbonyl (C=S) groups is 1. The molecule has 2 N–H and O–H groups in total. The van der Waals surface area contributed by atoms with Crippen LogP contribution in [0.5, 0.6) is 5.75 Å². The maximum atomic E-state index is 12.0. The molecule has 0 saturated carbocycles. The first-order valence-corrected chi connectivity index (χ1v) is 7.80. The molecule has 0 atom stereocenters. The van der Waals surface area contributed by atoms with Gasteiger partial charge in [0.15, 0.2) is 5.11 Å². The van der Waals surface area contributed by atoms with E-state index in [0.29, 0.717) is 17.3 Å². The summed E-state index contributed by atoms with van der Waals surface area (Å²) in [6.45, 7) is 5.46. The third-order valence-electron chi connectivity index (χ3n) is 2.42. The lowest BCUT2D eigenvalue weighted by molar-refractivity contribution is 0.0976. The number of halogens is 1. The van der Waals surface area contributed by atoms with Gasteiger partial charge < -0.3 is 10.1 Å². The van der Waals surface area contributed by atoms with Crippen LogP contribution in [0.2, 0.25) is 0 Å². The molecular formula is C14H19BrN2O2S. The summed E-state index contributed by atoms with van der Waals surface area (Å²) in [5.74, 6) is 0.497. The Morgan fingerprint density at radius 1 is 1.35 bits per heavy atom. The van der Waals surface area contributed by atoms with Gasteiger partial charge in [-0.05, 0) is 59.2 Å². The van der Waals surface area contributed by atoms with E-state index in [2.05, 4.69) is 26.6 Å². The Kier molecular flexibility index (Phi) is 7.54. The molecule has 0 heterocycles. The normalized spacial score (nSPS) is 9.95. The minimum atomic E-state index is -0.235. The van der Waals surface area contributed by atoms with Crippen molar-refractivity contribution in [1.82, 2.24) is 10.6 Å². The van der Waals surface area contributed by atoms with Crippen molar-refractivity contribution in [2.24, 2.45) is 0 Å². The topological polar surface area (TPSA) is 50.4 Å². The number of hydrogen-bond acceptors (Lipinski definition) is 3. The average molecular weight is 359 g/mol. The van der Waals surface area contributed by atoms with Gasteiger partial charge in [-0.3, -0.25) is 10.1 Å². The number of rotatable bonds is 6. The van der Waals surface area contributed by atoms with Crippen molar-refractivity contribution in [3.05, 3.63) is 28.2 Å². The Balaban J connectivity index is 2.65. The van der Waals surface area contributed by atoms with Crippen LogP contribution in [0.15, 0.2) is 22.7 Å². The second-order valence-corrected chi connectivity index (χ2v) is 5.47. The van der Waals surface area contributed by atoms with Crippen LogP contribution >= 0.6 is 28.1 Å². The summed E-state index contributed by atoms with van der Waals surface area (Å²) < 4.78 is 6.29. The van der Waals surface area contributed by atoms with Gasteiger partial charge in [0, 0.05) is 12.1 Å². The number of nitrogens with one attached hydrogen (secondary N) is 2. The fourth-order valence-corrected chi connectivity index (χ4v) is 2.12. The lowest BCUT2D eigenvalue weighted by Gasteiger charge is -2.10. The van der Waals surface area contributed by atoms with Gasteiger partial charge in [-0.1, -0.05) is 13.8 Å². The molecule has 0 spiro atoms. The van der Waals surface area contributed by atoms with Crippen LogP contribution in [0.3, 0.4) is 0 Å². The van der Waals surface area contributed by atoms with Crippen LogP contribution in [0.4, 0.5) is 0 Å². The quantitative estimate of drug-likeness (QED) is 0.766. The zero-order valence-corrected chi connectivity index (χ0v) is 14.1. The van der Waals surface area contributed by atoms with E-state index in [1.54, 1.807) is 18.2 Å². The number of hydrogen-bond donors (Lipinski definition) is 2. The van der Waals surface area contributed by atoms with Gasteiger partial charge >= 0.3 is 0 Å². The van der Waals surface area contributed by atoms with Crippen molar-refractivity contribution in [2.75, 3.05) is 13.2 Å². The lowest BCUT2D eigenvalue weighted by Crippen LogP contribution is -2.39. The molecule has 0 aliphatic carbocycles. The van der Waals surface area contributed by atoms with Crippen LogP contribution < -0.4 is 15.4 Å². The summed E-state index contributed by atoms with van der Waals surface area (Å²) in [6.07, 6.45) is 1.89. The molecular weight excluding hydrogens is 340 g/mol. The highest BCUT2D eigenvalue weighted by atomic mass is 79.9. The van der Waals surface area contributed by atoms with Crippen molar-refractivity contribution in [3.8, 4) is 5.75 Å². The molecule has 0 aliphatic heterocycles. The first-order valence-electron chi connectivity index (χ1n) is 6.60. The summed E-state index contributed by atoms with van der Waals surface area (Å²) in [5.41, 5.74) is 0.529. The van der Waals surface area contributed by atoms with Crippen molar-refractivity contribution < 1.29 is 9.53 Å². The van der Waals surface area contributed by atoms with Crippen LogP contribution in [0.25, 0.3) is 0 Å². The van der Waals surface area contributed by atoms with Gasteiger partial charge in [0.2, 0.25) is 0 Å². The standard InChI is InChI=1S/C14H19BrN2O2S/c1-3-7-16-14(20)17-13(18)10-5-6-12(11(15)9-10)19-8-4-2/h5-6,9H,3-4,7-8H2,1-2H3,(H2,16,17,18,20). The number of amides is 1. The Bertz CT molecular complexity index is 480. The maximum Gasteiger partial charge on any atom is 0.257 e. The summed E-state index contributed by atoms with van der Waals surface area (Å²) in [7, 11) is 0. The number of carbonyl (C=O) groups is 1. The molecule has 110 valence electrons. The van der Waals surface area contributed by atoms with Crippen molar-refractivity contribution in [3.63, 3.8) is 0 Å². The van der Waals surface area contributed by atoms with Crippen molar-refractivity contribution in [1.29, 1.82) is 0 Å². The Morgan fingerprint density at radius 3 is 2.70 bits per heavy atom. The second-order valence-electron chi connectivity index (χ2n) is 4.20. The van der Waals surface area contributed by atoms with Gasteiger partial charge in [-0.25, -0.2) is 0 Å². The zero-order valence-electron chi connectivity index (χ0n) is 11.7. The van der Waals surface area contributed by atoms with E-state index in [-0.39, 0.29) is 5.91 Å². The molecule has 0 radical (unpaired) electrons. The van der Waals surface area contributed by atoms with E-state index >= 15 is 0 Å². The summed E-state index contributed by atoms with van der Waals surface area (Å²) in [4.78, 5) is 12.0. The molecule has 0 bridgehead atoms. The Labute approximate surface area is 133 Å². The minimum absolute atomic E-state index is 0.235. The van der Waals surface area contributed by atoms with Crippen molar-refractivity contribution >= 4 is 39.2 Å².